The largest absolute Gasteiger partial charge is 0.478 e. The normalized spacial score (nSPS) is 11.3. The van der Waals surface area contributed by atoms with Gasteiger partial charge in [-0.25, -0.2) is 9.18 Å². The number of hydrogen-bond donors (Lipinski definition) is 2. The SMILES string of the molecule is CCCn1nc(C(C)C)c(C(=O)O)c1Cc1cccc(-c2ccccc2-c2nn[nH]n2)c1F. The summed E-state index contributed by atoms with van der Waals surface area (Å²) in [5.41, 5.74) is 3.24. The Balaban J connectivity index is 1.82. The number of nitrogens with one attached hydrogen (secondary N) is 1. The number of nitrogens with zero attached hydrogens (tertiary/aromatic N) is 5. The highest BCUT2D eigenvalue weighted by Gasteiger charge is 2.26. The minimum Gasteiger partial charge on any atom is -0.478 e. The number of H-pyrrole nitrogens is 1. The Morgan fingerprint density at radius 3 is 2.48 bits per heavy atom. The number of aromatic carboxylic acids is 1. The van der Waals surface area contributed by atoms with Crippen molar-refractivity contribution in [2.75, 3.05) is 0 Å². The molecule has 33 heavy (non-hydrogen) atoms. The minimum absolute atomic E-state index is 0.0639. The standard InChI is InChI=1S/C24H25FN6O2/c1-4-12-31-19(20(24(32)33)22(28-31)14(2)3)13-15-8-7-11-17(21(15)25)16-9-5-6-10-18(16)23-26-29-30-27-23/h5-11,14H,4,12-13H2,1-3H3,(H,32,33)(H,26,27,29,30). The first-order valence-corrected chi connectivity index (χ1v) is 10.9. The third-order valence-corrected chi connectivity index (χ3v) is 5.52. The van der Waals surface area contributed by atoms with E-state index >= 15 is 4.39 Å². The van der Waals surface area contributed by atoms with Crippen LogP contribution in [0.4, 0.5) is 4.39 Å². The predicted octanol–water partition coefficient (Wildman–Crippen LogP) is 4.69. The van der Waals surface area contributed by atoms with Gasteiger partial charge in [0.15, 0.2) is 0 Å². The van der Waals surface area contributed by atoms with E-state index in [9.17, 15) is 9.90 Å². The van der Waals surface area contributed by atoms with Gasteiger partial charge in [0.05, 0.1) is 11.4 Å². The zero-order valence-corrected chi connectivity index (χ0v) is 18.7. The Morgan fingerprint density at radius 1 is 1.12 bits per heavy atom. The number of aromatic amines is 1. The molecule has 0 aliphatic rings. The van der Waals surface area contributed by atoms with Gasteiger partial charge in [-0.1, -0.05) is 63.2 Å². The van der Waals surface area contributed by atoms with Crippen LogP contribution < -0.4 is 0 Å². The van der Waals surface area contributed by atoms with Crippen LogP contribution in [-0.4, -0.2) is 41.5 Å². The number of rotatable bonds is 8. The van der Waals surface area contributed by atoms with E-state index in [-0.39, 0.29) is 17.9 Å². The van der Waals surface area contributed by atoms with Crippen molar-refractivity contribution in [1.82, 2.24) is 30.4 Å². The number of carboxylic acids is 1. The maximum atomic E-state index is 15.8. The lowest BCUT2D eigenvalue weighted by molar-refractivity contribution is 0.0694. The van der Waals surface area contributed by atoms with Gasteiger partial charge in [-0.05, 0) is 28.7 Å². The van der Waals surface area contributed by atoms with Crippen molar-refractivity contribution < 1.29 is 14.3 Å². The number of aromatic nitrogens is 6. The molecule has 2 aromatic heterocycles. The zero-order valence-electron chi connectivity index (χ0n) is 18.7. The fourth-order valence-corrected chi connectivity index (χ4v) is 4.02. The molecule has 0 unspecified atom stereocenters. The van der Waals surface area contributed by atoms with Crippen LogP contribution >= 0.6 is 0 Å². The van der Waals surface area contributed by atoms with Crippen molar-refractivity contribution in [3.63, 3.8) is 0 Å². The average molecular weight is 449 g/mol. The summed E-state index contributed by atoms with van der Waals surface area (Å²) in [6, 6.07) is 12.4. The Bertz CT molecular complexity index is 1280. The molecule has 8 nitrogen and oxygen atoms in total. The van der Waals surface area contributed by atoms with Crippen LogP contribution in [0.15, 0.2) is 42.5 Å². The molecule has 0 aliphatic heterocycles. The molecule has 4 aromatic rings. The van der Waals surface area contributed by atoms with Crippen LogP contribution in [0.3, 0.4) is 0 Å². The van der Waals surface area contributed by atoms with Crippen LogP contribution in [0.2, 0.25) is 0 Å². The lowest BCUT2D eigenvalue weighted by Gasteiger charge is -2.13. The monoisotopic (exact) mass is 448 g/mol. The maximum Gasteiger partial charge on any atom is 0.339 e. The Hall–Kier alpha value is -3.88. The molecule has 0 radical (unpaired) electrons. The van der Waals surface area contributed by atoms with Crippen LogP contribution in [0.5, 0.6) is 0 Å². The minimum atomic E-state index is -1.05. The summed E-state index contributed by atoms with van der Waals surface area (Å²) in [4.78, 5) is 12.1. The highest BCUT2D eigenvalue weighted by atomic mass is 19.1. The zero-order chi connectivity index (χ0) is 23.5. The summed E-state index contributed by atoms with van der Waals surface area (Å²) in [5.74, 6) is -1.16. The second-order valence-electron chi connectivity index (χ2n) is 8.13. The van der Waals surface area contributed by atoms with Crippen molar-refractivity contribution in [3.8, 4) is 22.5 Å². The highest BCUT2D eigenvalue weighted by Crippen LogP contribution is 2.34. The van der Waals surface area contributed by atoms with Gasteiger partial charge < -0.3 is 5.11 Å². The summed E-state index contributed by atoms with van der Waals surface area (Å²) in [5, 5.41) is 28.6. The first-order valence-electron chi connectivity index (χ1n) is 10.9. The second kappa shape index (κ2) is 9.32. The molecule has 0 amide bonds. The number of benzene rings is 2. The van der Waals surface area contributed by atoms with Gasteiger partial charge in [-0.2, -0.15) is 10.3 Å². The molecule has 0 saturated heterocycles. The molecule has 9 heteroatoms. The van der Waals surface area contributed by atoms with Crippen molar-refractivity contribution >= 4 is 5.97 Å². The quantitative estimate of drug-likeness (QED) is 0.405. The number of aryl methyl sites for hydroxylation is 1. The third-order valence-electron chi connectivity index (χ3n) is 5.52. The van der Waals surface area contributed by atoms with Crippen LogP contribution in [-0.2, 0) is 13.0 Å². The van der Waals surface area contributed by atoms with Crippen molar-refractivity contribution in [2.24, 2.45) is 0 Å². The molecular formula is C24H25FN6O2. The van der Waals surface area contributed by atoms with Gasteiger partial charge in [0.1, 0.15) is 11.4 Å². The van der Waals surface area contributed by atoms with Crippen LogP contribution in [0.1, 0.15) is 60.4 Å². The summed E-state index contributed by atoms with van der Waals surface area (Å²) < 4.78 is 17.5. The molecule has 2 N–H and O–H groups in total. The van der Waals surface area contributed by atoms with Crippen LogP contribution in [0, 0.1) is 5.82 Å². The highest BCUT2D eigenvalue weighted by molar-refractivity contribution is 5.90. The molecule has 0 spiro atoms. The van der Waals surface area contributed by atoms with Gasteiger partial charge in [0.25, 0.3) is 0 Å². The van der Waals surface area contributed by atoms with Crippen molar-refractivity contribution in [2.45, 2.75) is 46.1 Å². The third kappa shape index (κ3) is 4.26. The molecule has 0 saturated carbocycles. The van der Waals surface area contributed by atoms with Gasteiger partial charge in [0, 0.05) is 24.1 Å². The molecule has 0 atom stereocenters. The Kier molecular flexibility index (Phi) is 6.30. The summed E-state index contributed by atoms with van der Waals surface area (Å²) >= 11 is 0. The van der Waals surface area contributed by atoms with E-state index < -0.39 is 11.8 Å². The number of hydrogen-bond acceptors (Lipinski definition) is 5. The van der Waals surface area contributed by atoms with Crippen LogP contribution in [0.25, 0.3) is 22.5 Å². The smallest absolute Gasteiger partial charge is 0.339 e. The fraction of sp³-hybridized carbons (Fsp3) is 0.292. The molecule has 170 valence electrons. The van der Waals surface area contributed by atoms with E-state index in [0.29, 0.717) is 46.0 Å². The number of carboxylic acid groups (broad SMARTS) is 1. The van der Waals surface area contributed by atoms with E-state index in [2.05, 4.69) is 25.7 Å². The first kappa shape index (κ1) is 22.3. The molecule has 4 rings (SSSR count). The summed E-state index contributed by atoms with van der Waals surface area (Å²) in [7, 11) is 0. The van der Waals surface area contributed by atoms with Crippen molar-refractivity contribution in [3.05, 3.63) is 70.8 Å². The Morgan fingerprint density at radius 2 is 1.85 bits per heavy atom. The van der Waals surface area contributed by atoms with E-state index in [4.69, 9.17) is 0 Å². The fourth-order valence-electron chi connectivity index (χ4n) is 4.02. The van der Waals surface area contributed by atoms with E-state index in [1.54, 1.807) is 35.0 Å². The molecular weight excluding hydrogens is 423 g/mol. The average Bonchev–Trinajstić information content (AvgIpc) is 3.44. The summed E-state index contributed by atoms with van der Waals surface area (Å²) in [6.45, 7) is 6.37. The molecule has 0 bridgehead atoms. The van der Waals surface area contributed by atoms with E-state index in [0.717, 1.165) is 6.42 Å². The molecule has 2 aromatic carbocycles. The molecule has 0 aliphatic carbocycles. The Labute approximate surface area is 190 Å². The number of tetrazole rings is 1. The lowest BCUT2D eigenvalue weighted by atomic mass is 9.94. The second-order valence-corrected chi connectivity index (χ2v) is 8.13. The lowest BCUT2D eigenvalue weighted by Crippen LogP contribution is -2.10. The number of halogens is 1. The number of carbonyl (C=O) groups is 1. The first-order chi connectivity index (χ1) is 15.9. The predicted molar refractivity (Wildman–Crippen MR) is 121 cm³/mol. The summed E-state index contributed by atoms with van der Waals surface area (Å²) in [6.07, 6.45) is 0.900. The van der Waals surface area contributed by atoms with Gasteiger partial charge >= 0.3 is 5.97 Å². The molecule has 0 fully saturated rings. The van der Waals surface area contributed by atoms with Gasteiger partial charge in [0.2, 0.25) is 5.82 Å². The van der Waals surface area contributed by atoms with E-state index in [1.807, 2.05) is 32.9 Å². The van der Waals surface area contributed by atoms with E-state index in [1.165, 1.54) is 0 Å². The molecule has 2 heterocycles. The van der Waals surface area contributed by atoms with Gasteiger partial charge in [-0.15, -0.1) is 10.2 Å². The van der Waals surface area contributed by atoms with Crippen molar-refractivity contribution in [1.29, 1.82) is 0 Å². The topological polar surface area (TPSA) is 110 Å². The maximum absolute atomic E-state index is 15.8. The van der Waals surface area contributed by atoms with Gasteiger partial charge in [-0.3, -0.25) is 4.68 Å².